The van der Waals surface area contributed by atoms with Gasteiger partial charge in [0.15, 0.2) is 0 Å². The molecule has 2 aromatic rings. The smallest absolute Gasteiger partial charge is 0.241 e. The Morgan fingerprint density at radius 3 is 2.62 bits per heavy atom. The van der Waals surface area contributed by atoms with Gasteiger partial charge in [-0.1, -0.05) is 41.4 Å². The van der Waals surface area contributed by atoms with Gasteiger partial charge in [0.25, 0.3) is 0 Å². The number of halogens is 1. The van der Waals surface area contributed by atoms with Crippen LogP contribution in [-0.4, -0.2) is 32.7 Å². The normalized spacial score (nSPS) is 17.8. The Labute approximate surface area is 176 Å². The summed E-state index contributed by atoms with van der Waals surface area (Å²) in [6.07, 6.45) is 1.62. The van der Waals surface area contributed by atoms with Crippen molar-refractivity contribution in [3.63, 3.8) is 0 Å². The van der Waals surface area contributed by atoms with Gasteiger partial charge in [0.05, 0.1) is 23.0 Å². The van der Waals surface area contributed by atoms with Crippen molar-refractivity contribution in [1.29, 1.82) is 0 Å². The number of carbonyl (C=O) groups is 1. The summed E-state index contributed by atoms with van der Waals surface area (Å²) >= 11 is 6.17. The number of nitrogens with one attached hydrogen (secondary N) is 1. The molecule has 0 radical (unpaired) electrons. The fourth-order valence-corrected chi connectivity index (χ4v) is 4.66. The van der Waals surface area contributed by atoms with E-state index in [-0.39, 0.29) is 23.3 Å². The summed E-state index contributed by atoms with van der Waals surface area (Å²) in [7, 11) is -3.70. The molecule has 29 heavy (non-hydrogen) atoms. The van der Waals surface area contributed by atoms with E-state index in [0.29, 0.717) is 6.42 Å². The second kappa shape index (κ2) is 7.88. The molecule has 0 saturated heterocycles. The van der Waals surface area contributed by atoms with E-state index < -0.39 is 21.5 Å². The largest absolute Gasteiger partial charge is 0.487 e. The number of amides is 1. The van der Waals surface area contributed by atoms with Crippen molar-refractivity contribution in [1.82, 2.24) is 5.32 Å². The van der Waals surface area contributed by atoms with Crippen LogP contribution in [0.1, 0.15) is 37.4 Å². The fraction of sp³-hybridized carbons (Fsp3) is 0.381. The molecule has 8 heteroatoms. The molecule has 1 amide bonds. The second-order valence-electron chi connectivity index (χ2n) is 7.95. The van der Waals surface area contributed by atoms with Crippen LogP contribution in [0.3, 0.4) is 0 Å². The molecule has 1 aliphatic heterocycles. The average molecular weight is 437 g/mol. The topological polar surface area (TPSA) is 75.7 Å². The molecule has 156 valence electrons. The Kier molecular flexibility index (Phi) is 5.83. The Hall–Kier alpha value is -2.25. The van der Waals surface area contributed by atoms with Crippen LogP contribution in [0.2, 0.25) is 5.02 Å². The molecule has 1 heterocycles. The van der Waals surface area contributed by atoms with Crippen LogP contribution >= 0.6 is 11.6 Å². The molecule has 0 saturated carbocycles. The molecule has 0 spiro atoms. The number of hydrogen-bond acceptors (Lipinski definition) is 4. The standard InChI is InChI=1S/C21H25ClN2O4S/c1-14-9-10-19-15(11-14)17(12-21(2,3)28-19)23-20(25)13-24(29(4,26)27)18-8-6-5-7-16(18)22/h5-11,17H,12-13H2,1-4H3,(H,23,25)/t17-/m0/s1. The van der Waals surface area contributed by atoms with Gasteiger partial charge in [-0.2, -0.15) is 0 Å². The van der Waals surface area contributed by atoms with E-state index in [9.17, 15) is 13.2 Å². The molecule has 0 unspecified atom stereocenters. The number of ether oxygens (including phenoxy) is 1. The monoisotopic (exact) mass is 436 g/mol. The van der Waals surface area contributed by atoms with Gasteiger partial charge in [-0.25, -0.2) is 8.42 Å². The first-order chi connectivity index (χ1) is 13.5. The first-order valence-electron chi connectivity index (χ1n) is 9.27. The molecule has 6 nitrogen and oxygen atoms in total. The first kappa shape index (κ1) is 21.5. The van der Waals surface area contributed by atoms with Gasteiger partial charge in [-0.15, -0.1) is 0 Å². The van der Waals surface area contributed by atoms with Gasteiger partial charge < -0.3 is 10.1 Å². The van der Waals surface area contributed by atoms with Crippen molar-refractivity contribution in [2.75, 3.05) is 17.1 Å². The lowest BCUT2D eigenvalue weighted by molar-refractivity contribution is -0.120. The average Bonchev–Trinajstić information content (AvgIpc) is 2.59. The van der Waals surface area contributed by atoms with Gasteiger partial charge in [-0.3, -0.25) is 9.10 Å². The predicted octanol–water partition coefficient (Wildman–Crippen LogP) is 3.83. The lowest BCUT2D eigenvalue weighted by Gasteiger charge is -2.38. The number of carbonyl (C=O) groups excluding carboxylic acids is 1. The summed E-state index contributed by atoms with van der Waals surface area (Å²) in [6.45, 7) is 5.53. The van der Waals surface area contributed by atoms with Gasteiger partial charge in [0.2, 0.25) is 15.9 Å². The molecule has 1 atom stereocenters. The van der Waals surface area contributed by atoms with Crippen molar-refractivity contribution in [3.8, 4) is 5.75 Å². The van der Waals surface area contributed by atoms with Crippen molar-refractivity contribution in [2.45, 2.75) is 38.8 Å². The number of nitrogens with zero attached hydrogens (tertiary/aromatic N) is 1. The summed E-state index contributed by atoms with van der Waals surface area (Å²) in [5.74, 6) is 0.314. The van der Waals surface area contributed by atoms with E-state index in [2.05, 4.69) is 5.32 Å². The van der Waals surface area contributed by atoms with Crippen LogP contribution in [0.4, 0.5) is 5.69 Å². The van der Waals surface area contributed by atoms with Crippen LogP contribution in [0.5, 0.6) is 5.75 Å². The zero-order valence-electron chi connectivity index (χ0n) is 16.9. The fourth-order valence-electron chi connectivity index (χ4n) is 3.51. The van der Waals surface area contributed by atoms with Gasteiger partial charge in [0, 0.05) is 12.0 Å². The summed E-state index contributed by atoms with van der Waals surface area (Å²) < 4.78 is 31.7. The van der Waals surface area contributed by atoms with Crippen molar-refractivity contribution >= 4 is 33.2 Å². The molecule has 0 bridgehead atoms. The number of anilines is 1. The van der Waals surface area contributed by atoms with Crippen molar-refractivity contribution < 1.29 is 17.9 Å². The SMILES string of the molecule is Cc1ccc2c(c1)[C@@H](NC(=O)CN(c1ccccc1Cl)S(C)(=O)=O)CC(C)(C)O2. The van der Waals surface area contributed by atoms with Gasteiger partial charge in [0.1, 0.15) is 17.9 Å². The van der Waals surface area contributed by atoms with Crippen LogP contribution in [-0.2, 0) is 14.8 Å². The molecule has 2 aromatic carbocycles. The molecule has 0 aliphatic carbocycles. The zero-order chi connectivity index (χ0) is 21.4. The number of aryl methyl sites for hydroxylation is 1. The number of rotatable bonds is 5. The maximum absolute atomic E-state index is 12.9. The van der Waals surface area contributed by atoms with Crippen LogP contribution in [0.15, 0.2) is 42.5 Å². The van der Waals surface area contributed by atoms with E-state index in [4.69, 9.17) is 16.3 Å². The second-order valence-corrected chi connectivity index (χ2v) is 10.3. The van der Waals surface area contributed by atoms with E-state index in [1.807, 2.05) is 39.0 Å². The summed E-state index contributed by atoms with van der Waals surface area (Å²) in [4.78, 5) is 12.9. The van der Waals surface area contributed by atoms with Crippen LogP contribution in [0.25, 0.3) is 0 Å². The highest BCUT2D eigenvalue weighted by Crippen LogP contribution is 2.40. The number of fused-ring (bicyclic) bond motifs is 1. The highest BCUT2D eigenvalue weighted by molar-refractivity contribution is 7.92. The maximum atomic E-state index is 12.9. The number of benzene rings is 2. The Morgan fingerprint density at radius 2 is 1.97 bits per heavy atom. The minimum atomic E-state index is -3.70. The van der Waals surface area contributed by atoms with Crippen LogP contribution in [0, 0.1) is 6.92 Å². The van der Waals surface area contributed by atoms with E-state index in [1.54, 1.807) is 24.3 Å². The maximum Gasteiger partial charge on any atom is 0.241 e. The minimum absolute atomic E-state index is 0.263. The van der Waals surface area contributed by atoms with E-state index in [1.165, 1.54) is 0 Å². The van der Waals surface area contributed by atoms with E-state index >= 15 is 0 Å². The Balaban J connectivity index is 1.86. The molecule has 1 aliphatic rings. The van der Waals surface area contributed by atoms with Crippen molar-refractivity contribution in [2.24, 2.45) is 0 Å². The van der Waals surface area contributed by atoms with Crippen LogP contribution < -0.4 is 14.4 Å². The zero-order valence-corrected chi connectivity index (χ0v) is 18.5. The highest BCUT2D eigenvalue weighted by Gasteiger charge is 2.35. The molecular weight excluding hydrogens is 412 g/mol. The summed E-state index contributed by atoms with van der Waals surface area (Å²) in [5.41, 5.74) is 1.76. The van der Waals surface area contributed by atoms with Gasteiger partial charge in [-0.05, 0) is 39.0 Å². The van der Waals surface area contributed by atoms with Crippen molar-refractivity contribution in [3.05, 3.63) is 58.6 Å². The van der Waals surface area contributed by atoms with E-state index in [0.717, 1.165) is 27.4 Å². The third-order valence-corrected chi connectivity index (χ3v) is 6.21. The minimum Gasteiger partial charge on any atom is -0.487 e. The Bertz CT molecular complexity index is 1040. The third kappa shape index (κ3) is 5.03. The summed E-state index contributed by atoms with van der Waals surface area (Å²) in [6, 6.07) is 12.1. The molecule has 1 N–H and O–H groups in total. The predicted molar refractivity (Wildman–Crippen MR) is 115 cm³/mol. The van der Waals surface area contributed by atoms with Gasteiger partial charge >= 0.3 is 0 Å². The summed E-state index contributed by atoms with van der Waals surface area (Å²) in [5, 5.41) is 3.24. The number of hydrogen-bond donors (Lipinski definition) is 1. The Morgan fingerprint density at radius 1 is 1.28 bits per heavy atom. The number of para-hydroxylation sites is 1. The number of sulfonamides is 1. The molecule has 0 aromatic heterocycles. The first-order valence-corrected chi connectivity index (χ1v) is 11.5. The quantitative estimate of drug-likeness (QED) is 0.772. The molecule has 3 rings (SSSR count). The third-order valence-electron chi connectivity index (χ3n) is 4.77. The highest BCUT2D eigenvalue weighted by atomic mass is 35.5. The molecule has 0 fully saturated rings. The lowest BCUT2D eigenvalue weighted by atomic mass is 9.89. The molecular formula is C21H25ClN2O4S. The lowest BCUT2D eigenvalue weighted by Crippen LogP contribution is -2.45.